The number of rotatable bonds is 3. The molecule has 0 bridgehead atoms. The fourth-order valence-electron chi connectivity index (χ4n) is 1.58. The molecule has 6 heteroatoms. The lowest BCUT2D eigenvalue weighted by molar-refractivity contribution is 0.0785. The normalized spacial score (nSPS) is 10.4. The van der Waals surface area contributed by atoms with E-state index >= 15 is 0 Å². The van der Waals surface area contributed by atoms with Gasteiger partial charge in [-0.1, -0.05) is 11.6 Å². The van der Waals surface area contributed by atoms with Crippen LogP contribution in [-0.2, 0) is 6.54 Å². The van der Waals surface area contributed by atoms with E-state index in [1.54, 1.807) is 19.4 Å². The molecule has 2 rings (SSSR count). The number of aromatic amines is 1. The fraction of sp³-hybridized carbons (Fsp3) is 0.167. The fourth-order valence-corrected chi connectivity index (χ4v) is 1.83. The van der Waals surface area contributed by atoms with Gasteiger partial charge < -0.3 is 4.90 Å². The van der Waals surface area contributed by atoms with E-state index in [0.29, 0.717) is 6.54 Å². The summed E-state index contributed by atoms with van der Waals surface area (Å²) in [6.45, 7) is 0.406. The zero-order valence-electron chi connectivity index (χ0n) is 9.65. The van der Waals surface area contributed by atoms with Crippen molar-refractivity contribution in [2.45, 2.75) is 6.54 Å². The highest BCUT2D eigenvalue weighted by molar-refractivity contribution is 6.33. The molecule has 0 aliphatic rings. The largest absolute Gasteiger partial charge is 0.337 e. The highest BCUT2D eigenvalue weighted by atomic mass is 35.5. The molecular weight excluding hydrogens is 257 g/mol. The first-order valence-electron chi connectivity index (χ1n) is 5.26. The summed E-state index contributed by atoms with van der Waals surface area (Å²) in [7, 11) is 1.65. The Kier molecular flexibility index (Phi) is 3.62. The number of benzene rings is 1. The Bertz CT molecular complexity index is 556. The van der Waals surface area contributed by atoms with Gasteiger partial charge in [0.1, 0.15) is 5.82 Å². The van der Waals surface area contributed by atoms with Gasteiger partial charge in [-0.2, -0.15) is 5.10 Å². The maximum absolute atomic E-state index is 12.9. The zero-order valence-corrected chi connectivity index (χ0v) is 10.4. The highest BCUT2D eigenvalue weighted by Gasteiger charge is 2.16. The molecule has 94 valence electrons. The van der Waals surface area contributed by atoms with Crippen molar-refractivity contribution in [1.82, 2.24) is 15.1 Å². The maximum Gasteiger partial charge on any atom is 0.255 e. The van der Waals surface area contributed by atoms with Gasteiger partial charge in [-0.15, -0.1) is 0 Å². The Labute approximate surface area is 108 Å². The summed E-state index contributed by atoms with van der Waals surface area (Å²) in [6, 6.07) is 3.72. The van der Waals surface area contributed by atoms with Gasteiger partial charge >= 0.3 is 0 Å². The average Bonchev–Trinajstić information content (AvgIpc) is 2.81. The van der Waals surface area contributed by atoms with Gasteiger partial charge in [0.2, 0.25) is 0 Å². The van der Waals surface area contributed by atoms with E-state index in [2.05, 4.69) is 10.2 Å². The van der Waals surface area contributed by atoms with Gasteiger partial charge in [-0.25, -0.2) is 4.39 Å². The van der Waals surface area contributed by atoms with E-state index in [1.807, 2.05) is 0 Å². The van der Waals surface area contributed by atoms with Gasteiger partial charge in [0.05, 0.1) is 16.8 Å². The summed E-state index contributed by atoms with van der Waals surface area (Å²) in [6.07, 6.45) is 3.34. The quantitative estimate of drug-likeness (QED) is 0.929. The smallest absolute Gasteiger partial charge is 0.255 e. The number of carbonyl (C=O) groups excluding carboxylic acids is 1. The van der Waals surface area contributed by atoms with Gasteiger partial charge in [-0.05, 0) is 18.2 Å². The number of nitrogens with one attached hydrogen (secondary N) is 1. The van der Waals surface area contributed by atoms with Crippen LogP contribution in [0.3, 0.4) is 0 Å². The van der Waals surface area contributed by atoms with Crippen LogP contribution in [0, 0.1) is 5.82 Å². The van der Waals surface area contributed by atoms with Gasteiger partial charge in [0.25, 0.3) is 5.91 Å². The molecule has 1 heterocycles. The summed E-state index contributed by atoms with van der Waals surface area (Å²) in [5.74, 6) is -0.727. The van der Waals surface area contributed by atoms with Crippen molar-refractivity contribution in [2.24, 2.45) is 0 Å². The molecule has 18 heavy (non-hydrogen) atoms. The number of hydrogen-bond donors (Lipinski definition) is 1. The van der Waals surface area contributed by atoms with E-state index in [0.717, 1.165) is 11.6 Å². The zero-order chi connectivity index (χ0) is 13.1. The molecule has 0 saturated carbocycles. The van der Waals surface area contributed by atoms with E-state index < -0.39 is 5.82 Å². The summed E-state index contributed by atoms with van der Waals surface area (Å²) in [5, 5.41) is 6.58. The third-order valence-corrected chi connectivity index (χ3v) is 2.80. The van der Waals surface area contributed by atoms with Crippen molar-refractivity contribution >= 4 is 17.5 Å². The molecule has 1 N–H and O–H groups in total. The second-order valence-corrected chi connectivity index (χ2v) is 4.30. The third-order valence-electron chi connectivity index (χ3n) is 2.48. The topological polar surface area (TPSA) is 49.0 Å². The van der Waals surface area contributed by atoms with Crippen LogP contribution >= 0.6 is 11.6 Å². The molecule has 0 spiro atoms. The summed E-state index contributed by atoms with van der Waals surface area (Å²) >= 11 is 5.84. The van der Waals surface area contributed by atoms with Crippen LogP contribution in [0.1, 0.15) is 15.9 Å². The molecule has 1 aromatic heterocycles. The number of H-pyrrole nitrogens is 1. The SMILES string of the molecule is CN(Cc1cn[nH]c1)C(=O)c1ccc(F)cc1Cl. The molecular formula is C12H11ClFN3O. The van der Waals surface area contributed by atoms with Crippen LogP contribution in [0.25, 0.3) is 0 Å². The molecule has 2 aromatic rings. The van der Waals surface area contributed by atoms with E-state index in [4.69, 9.17) is 11.6 Å². The van der Waals surface area contributed by atoms with Crippen LogP contribution < -0.4 is 0 Å². The van der Waals surface area contributed by atoms with Gasteiger partial charge in [0, 0.05) is 25.4 Å². The number of hydrogen-bond acceptors (Lipinski definition) is 2. The van der Waals surface area contributed by atoms with Crippen molar-refractivity contribution in [1.29, 1.82) is 0 Å². The van der Waals surface area contributed by atoms with Gasteiger partial charge in [-0.3, -0.25) is 9.89 Å². The molecule has 0 radical (unpaired) electrons. The standard InChI is InChI=1S/C12H11ClFN3O/c1-17(7-8-5-15-16-6-8)12(18)10-3-2-9(14)4-11(10)13/h2-6H,7H2,1H3,(H,15,16). The first-order valence-corrected chi connectivity index (χ1v) is 5.64. The monoisotopic (exact) mass is 267 g/mol. The number of aromatic nitrogens is 2. The Hall–Kier alpha value is -1.88. The predicted molar refractivity (Wildman–Crippen MR) is 65.8 cm³/mol. The number of carbonyl (C=O) groups is 1. The minimum absolute atomic E-state index is 0.110. The first-order chi connectivity index (χ1) is 8.58. The molecule has 4 nitrogen and oxygen atoms in total. The predicted octanol–water partition coefficient (Wildman–Crippen LogP) is 2.47. The van der Waals surface area contributed by atoms with Crippen molar-refractivity contribution in [2.75, 3.05) is 7.05 Å². The molecule has 0 fully saturated rings. The second-order valence-electron chi connectivity index (χ2n) is 3.89. The van der Waals surface area contributed by atoms with E-state index in [1.165, 1.54) is 17.0 Å². The lowest BCUT2D eigenvalue weighted by Gasteiger charge is -2.16. The lowest BCUT2D eigenvalue weighted by atomic mass is 10.2. The molecule has 0 aliphatic heterocycles. The average molecular weight is 268 g/mol. The Morgan fingerprint density at radius 3 is 2.94 bits per heavy atom. The lowest BCUT2D eigenvalue weighted by Crippen LogP contribution is -2.26. The Morgan fingerprint density at radius 2 is 2.33 bits per heavy atom. The highest BCUT2D eigenvalue weighted by Crippen LogP contribution is 2.19. The van der Waals surface area contributed by atoms with E-state index in [9.17, 15) is 9.18 Å². The number of halogens is 2. The summed E-state index contributed by atoms with van der Waals surface area (Å²) in [4.78, 5) is 13.6. The summed E-state index contributed by atoms with van der Waals surface area (Å²) < 4.78 is 12.9. The minimum atomic E-state index is -0.464. The van der Waals surface area contributed by atoms with Crippen LogP contribution in [0.5, 0.6) is 0 Å². The van der Waals surface area contributed by atoms with E-state index in [-0.39, 0.29) is 16.5 Å². The first kappa shape index (κ1) is 12.6. The molecule has 1 amide bonds. The van der Waals surface area contributed by atoms with Crippen molar-refractivity contribution in [3.63, 3.8) is 0 Å². The summed E-state index contributed by atoms with van der Waals surface area (Å²) in [5.41, 5.74) is 1.16. The van der Waals surface area contributed by atoms with Crippen LogP contribution in [0.2, 0.25) is 5.02 Å². The van der Waals surface area contributed by atoms with Crippen LogP contribution in [0.15, 0.2) is 30.6 Å². The number of nitrogens with zero attached hydrogens (tertiary/aromatic N) is 2. The Morgan fingerprint density at radius 1 is 1.56 bits per heavy atom. The molecule has 0 aliphatic carbocycles. The molecule has 0 unspecified atom stereocenters. The minimum Gasteiger partial charge on any atom is -0.337 e. The molecule has 0 saturated heterocycles. The van der Waals surface area contributed by atoms with Crippen molar-refractivity contribution in [3.8, 4) is 0 Å². The van der Waals surface area contributed by atoms with Crippen LogP contribution in [0.4, 0.5) is 4.39 Å². The van der Waals surface area contributed by atoms with Crippen molar-refractivity contribution < 1.29 is 9.18 Å². The van der Waals surface area contributed by atoms with Crippen molar-refractivity contribution in [3.05, 3.63) is 52.6 Å². The molecule has 0 atom stereocenters. The second kappa shape index (κ2) is 5.18. The van der Waals surface area contributed by atoms with Gasteiger partial charge in [0.15, 0.2) is 0 Å². The molecule has 1 aromatic carbocycles. The number of amides is 1. The van der Waals surface area contributed by atoms with Crippen LogP contribution in [-0.4, -0.2) is 28.1 Å². The Balaban J connectivity index is 2.15. The maximum atomic E-state index is 12.9. The third kappa shape index (κ3) is 2.68.